The van der Waals surface area contributed by atoms with Crippen LogP contribution in [0.5, 0.6) is 0 Å². The number of aromatic nitrogens is 2. The Morgan fingerprint density at radius 3 is 2.88 bits per heavy atom. The third kappa shape index (κ3) is 3.34. The summed E-state index contributed by atoms with van der Waals surface area (Å²) in [6, 6.07) is 3.75. The van der Waals surface area contributed by atoms with Gasteiger partial charge in [-0.2, -0.15) is 16.9 Å². The van der Waals surface area contributed by atoms with E-state index >= 15 is 0 Å². The first kappa shape index (κ1) is 12.1. The molecule has 1 saturated heterocycles. The minimum Gasteiger partial charge on any atom is -0.295 e. The minimum absolute atomic E-state index is 0.345. The Hall–Kier alpha value is -0.320. The molecule has 0 aromatic carbocycles. The van der Waals surface area contributed by atoms with E-state index in [1.165, 1.54) is 5.75 Å². The Morgan fingerprint density at radius 1 is 1.44 bits per heavy atom. The Kier molecular flexibility index (Phi) is 3.72. The lowest BCUT2D eigenvalue weighted by atomic mass is 10.2. The van der Waals surface area contributed by atoms with E-state index in [4.69, 9.17) is 11.6 Å². The highest BCUT2D eigenvalue weighted by atomic mass is 35.5. The van der Waals surface area contributed by atoms with Crippen LogP contribution in [0, 0.1) is 0 Å². The van der Waals surface area contributed by atoms with E-state index < -0.39 is 0 Å². The molecule has 0 saturated carbocycles. The second kappa shape index (κ2) is 4.90. The van der Waals surface area contributed by atoms with Crippen molar-refractivity contribution in [2.24, 2.45) is 0 Å². The summed E-state index contributed by atoms with van der Waals surface area (Å²) >= 11 is 7.75. The normalized spacial score (nSPS) is 20.9. The monoisotopic (exact) mass is 257 g/mol. The maximum Gasteiger partial charge on any atom is 0.151 e. The maximum absolute atomic E-state index is 5.71. The van der Waals surface area contributed by atoms with Gasteiger partial charge in [0.15, 0.2) is 5.15 Å². The Balaban J connectivity index is 1.97. The van der Waals surface area contributed by atoms with Gasteiger partial charge in [0.25, 0.3) is 0 Å². The summed E-state index contributed by atoms with van der Waals surface area (Å²) in [6.07, 6.45) is 0. The molecular weight excluding hydrogens is 242 g/mol. The van der Waals surface area contributed by atoms with Gasteiger partial charge in [-0.15, -0.1) is 5.10 Å². The van der Waals surface area contributed by atoms with Gasteiger partial charge in [-0.3, -0.25) is 4.90 Å². The molecule has 16 heavy (non-hydrogen) atoms. The van der Waals surface area contributed by atoms with Gasteiger partial charge < -0.3 is 0 Å². The van der Waals surface area contributed by atoms with E-state index in [1.807, 2.05) is 17.8 Å². The molecule has 0 spiro atoms. The summed E-state index contributed by atoms with van der Waals surface area (Å²) < 4.78 is 0.345. The molecule has 0 amide bonds. The zero-order valence-electron chi connectivity index (χ0n) is 9.61. The Labute approximate surface area is 106 Å². The van der Waals surface area contributed by atoms with Crippen molar-refractivity contribution < 1.29 is 0 Å². The molecule has 1 fully saturated rings. The van der Waals surface area contributed by atoms with E-state index in [0.29, 0.717) is 9.90 Å². The van der Waals surface area contributed by atoms with Crippen molar-refractivity contribution in [2.75, 3.05) is 18.8 Å². The lowest BCUT2D eigenvalue weighted by molar-refractivity contribution is 0.249. The topological polar surface area (TPSA) is 29.0 Å². The highest BCUT2D eigenvalue weighted by Crippen LogP contribution is 2.29. The summed E-state index contributed by atoms with van der Waals surface area (Å²) in [5, 5.41) is 8.41. The predicted molar refractivity (Wildman–Crippen MR) is 68.9 cm³/mol. The second-order valence-electron chi connectivity index (χ2n) is 4.67. The molecule has 1 aliphatic heterocycles. The standard InChI is InChI=1S/C11H16ClN3S/c1-11(2)8-15(5-6-16-11)7-9-3-4-10(12)14-13-9/h3-4H,5-8H2,1-2H3. The summed E-state index contributed by atoms with van der Waals surface area (Å²) in [5.41, 5.74) is 0.993. The van der Waals surface area contributed by atoms with Crippen molar-refractivity contribution in [3.8, 4) is 0 Å². The molecule has 0 bridgehead atoms. The van der Waals surface area contributed by atoms with Crippen LogP contribution in [0.25, 0.3) is 0 Å². The van der Waals surface area contributed by atoms with Crippen molar-refractivity contribution in [3.05, 3.63) is 23.0 Å². The highest BCUT2D eigenvalue weighted by Gasteiger charge is 2.26. The lowest BCUT2D eigenvalue weighted by Crippen LogP contribution is -2.42. The van der Waals surface area contributed by atoms with E-state index in [1.54, 1.807) is 6.07 Å². The molecule has 0 aliphatic carbocycles. The molecule has 0 atom stereocenters. The number of halogens is 1. The quantitative estimate of drug-likeness (QED) is 0.814. The van der Waals surface area contributed by atoms with Crippen LogP contribution in [0.2, 0.25) is 5.15 Å². The molecule has 5 heteroatoms. The molecule has 88 valence electrons. The van der Waals surface area contributed by atoms with Crippen LogP contribution in [0.1, 0.15) is 19.5 Å². The van der Waals surface area contributed by atoms with Gasteiger partial charge in [0.1, 0.15) is 0 Å². The lowest BCUT2D eigenvalue weighted by Gasteiger charge is -2.37. The second-order valence-corrected chi connectivity index (χ2v) is 6.86. The number of nitrogens with zero attached hydrogens (tertiary/aromatic N) is 3. The summed E-state index contributed by atoms with van der Waals surface area (Å²) in [7, 11) is 0. The van der Waals surface area contributed by atoms with Crippen LogP contribution in [0.3, 0.4) is 0 Å². The molecule has 3 nitrogen and oxygen atoms in total. The number of hydrogen-bond acceptors (Lipinski definition) is 4. The van der Waals surface area contributed by atoms with Gasteiger partial charge in [-0.05, 0) is 26.0 Å². The minimum atomic E-state index is 0.345. The van der Waals surface area contributed by atoms with Gasteiger partial charge in [-0.25, -0.2) is 0 Å². The zero-order valence-corrected chi connectivity index (χ0v) is 11.2. The fourth-order valence-corrected chi connectivity index (χ4v) is 3.18. The summed E-state index contributed by atoms with van der Waals surface area (Å²) in [6.45, 7) is 7.67. The average Bonchev–Trinajstić information content (AvgIpc) is 2.20. The summed E-state index contributed by atoms with van der Waals surface area (Å²) in [5.74, 6) is 1.19. The molecule has 0 unspecified atom stereocenters. The van der Waals surface area contributed by atoms with Crippen LogP contribution >= 0.6 is 23.4 Å². The molecule has 0 radical (unpaired) electrons. The van der Waals surface area contributed by atoms with Gasteiger partial charge in [0, 0.05) is 30.1 Å². The molecule has 2 rings (SSSR count). The van der Waals surface area contributed by atoms with Crippen LogP contribution in [-0.4, -0.2) is 38.7 Å². The maximum atomic E-state index is 5.71. The van der Waals surface area contributed by atoms with Gasteiger partial charge in [0.05, 0.1) is 5.69 Å². The third-order valence-electron chi connectivity index (χ3n) is 2.58. The van der Waals surface area contributed by atoms with Crippen LogP contribution in [0.15, 0.2) is 12.1 Å². The fourth-order valence-electron chi connectivity index (χ4n) is 1.91. The number of rotatable bonds is 2. The number of hydrogen-bond donors (Lipinski definition) is 0. The smallest absolute Gasteiger partial charge is 0.151 e. The van der Waals surface area contributed by atoms with Crippen molar-refractivity contribution in [1.29, 1.82) is 0 Å². The van der Waals surface area contributed by atoms with E-state index in [0.717, 1.165) is 25.3 Å². The highest BCUT2D eigenvalue weighted by molar-refractivity contribution is 8.00. The first-order valence-corrected chi connectivity index (χ1v) is 6.76. The molecular formula is C11H16ClN3S. The van der Waals surface area contributed by atoms with Crippen molar-refractivity contribution in [3.63, 3.8) is 0 Å². The SMILES string of the molecule is CC1(C)CN(Cc2ccc(Cl)nn2)CCS1. The van der Waals surface area contributed by atoms with Crippen molar-refractivity contribution in [1.82, 2.24) is 15.1 Å². The van der Waals surface area contributed by atoms with E-state index in [2.05, 4.69) is 28.9 Å². The molecule has 0 N–H and O–H groups in total. The van der Waals surface area contributed by atoms with Gasteiger partial charge in [-0.1, -0.05) is 11.6 Å². The van der Waals surface area contributed by atoms with Gasteiger partial charge in [0.2, 0.25) is 0 Å². The van der Waals surface area contributed by atoms with Crippen LogP contribution in [0.4, 0.5) is 0 Å². The zero-order chi connectivity index (χ0) is 11.6. The molecule has 1 aliphatic rings. The van der Waals surface area contributed by atoms with Gasteiger partial charge >= 0.3 is 0 Å². The predicted octanol–water partition coefficient (Wildman–Crippen LogP) is 2.46. The van der Waals surface area contributed by atoms with Crippen molar-refractivity contribution in [2.45, 2.75) is 25.1 Å². The third-order valence-corrected chi connectivity index (χ3v) is 4.08. The first-order valence-electron chi connectivity index (χ1n) is 5.40. The van der Waals surface area contributed by atoms with Crippen molar-refractivity contribution >= 4 is 23.4 Å². The molecule has 1 aromatic rings. The van der Waals surface area contributed by atoms with E-state index in [9.17, 15) is 0 Å². The molecule has 1 aromatic heterocycles. The van der Waals surface area contributed by atoms with Crippen LogP contribution in [-0.2, 0) is 6.54 Å². The Morgan fingerprint density at radius 2 is 2.25 bits per heavy atom. The first-order chi connectivity index (χ1) is 7.55. The fraction of sp³-hybridized carbons (Fsp3) is 0.636. The van der Waals surface area contributed by atoms with E-state index in [-0.39, 0.29) is 0 Å². The van der Waals surface area contributed by atoms with Crippen LogP contribution < -0.4 is 0 Å². The Bertz CT molecular complexity index is 353. The number of thioether (sulfide) groups is 1. The molecule has 2 heterocycles. The summed E-state index contributed by atoms with van der Waals surface area (Å²) in [4.78, 5) is 2.43. The largest absolute Gasteiger partial charge is 0.295 e. The average molecular weight is 258 g/mol.